The average molecular weight is 610 g/mol. The van der Waals surface area contributed by atoms with E-state index < -0.39 is 17.6 Å². The van der Waals surface area contributed by atoms with E-state index in [4.69, 9.17) is 27.9 Å². The van der Waals surface area contributed by atoms with Crippen LogP contribution in [0.5, 0.6) is 5.75 Å². The van der Waals surface area contributed by atoms with Crippen LogP contribution in [-0.2, 0) is 17.5 Å². The Morgan fingerprint density at radius 1 is 1.02 bits per heavy atom. The van der Waals surface area contributed by atoms with Gasteiger partial charge in [-0.1, -0.05) is 47.1 Å². The minimum atomic E-state index is -4.59. The van der Waals surface area contributed by atoms with Crippen molar-refractivity contribution in [1.82, 2.24) is 20.1 Å². The molecule has 40 heavy (non-hydrogen) atoms. The van der Waals surface area contributed by atoms with Crippen LogP contribution in [0.25, 0.3) is 5.69 Å². The zero-order valence-electron chi connectivity index (χ0n) is 20.6. The lowest BCUT2D eigenvalue weighted by Gasteiger charge is -2.13. The Kier molecular flexibility index (Phi) is 9.23. The molecular formula is C26H20Cl2F3N5O3S. The van der Waals surface area contributed by atoms with Gasteiger partial charge in [-0.05, 0) is 54.6 Å². The third-order valence-corrected chi connectivity index (χ3v) is 6.90. The molecule has 0 saturated carbocycles. The summed E-state index contributed by atoms with van der Waals surface area (Å²) in [7, 11) is 1.50. The van der Waals surface area contributed by atoms with Gasteiger partial charge < -0.3 is 15.4 Å². The number of nitrogens with zero attached hydrogens (tertiary/aromatic N) is 3. The van der Waals surface area contributed by atoms with Crippen molar-refractivity contribution in [2.45, 2.75) is 17.9 Å². The van der Waals surface area contributed by atoms with Gasteiger partial charge in [0.2, 0.25) is 5.91 Å². The van der Waals surface area contributed by atoms with Gasteiger partial charge in [0.05, 0.1) is 41.4 Å². The van der Waals surface area contributed by atoms with E-state index in [1.54, 1.807) is 53.1 Å². The molecule has 1 aromatic heterocycles. The molecule has 208 valence electrons. The summed E-state index contributed by atoms with van der Waals surface area (Å²) in [5, 5.41) is 14.2. The first-order chi connectivity index (χ1) is 19.0. The molecule has 0 bridgehead atoms. The highest BCUT2D eigenvalue weighted by Gasteiger charge is 2.31. The number of amides is 2. The zero-order valence-corrected chi connectivity index (χ0v) is 23.0. The number of aromatic nitrogens is 3. The number of carbonyl (C=O) groups is 2. The van der Waals surface area contributed by atoms with Gasteiger partial charge in [-0.2, -0.15) is 13.2 Å². The molecule has 3 aromatic carbocycles. The quantitative estimate of drug-likeness (QED) is 0.217. The van der Waals surface area contributed by atoms with Crippen LogP contribution in [0.2, 0.25) is 10.0 Å². The van der Waals surface area contributed by atoms with Crippen molar-refractivity contribution < 1.29 is 27.5 Å². The van der Waals surface area contributed by atoms with Gasteiger partial charge in [0.25, 0.3) is 5.91 Å². The van der Waals surface area contributed by atoms with Crippen molar-refractivity contribution in [3.8, 4) is 11.4 Å². The fraction of sp³-hybridized carbons (Fsp3) is 0.154. The van der Waals surface area contributed by atoms with Crippen LogP contribution in [0.15, 0.2) is 71.9 Å². The Morgan fingerprint density at radius 3 is 2.52 bits per heavy atom. The summed E-state index contributed by atoms with van der Waals surface area (Å²) >= 11 is 13.2. The second kappa shape index (κ2) is 12.6. The number of halogens is 5. The number of anilines is 1. The molecule has 0 spiro atoms. The molecule has 0 unspecified atom stereocenters. The van der Waals surface area contributed by atoms with E-state index in [0.29, 0.717) is 27.8 Å². The minimum Gasteiger partial charge on any atom is -0.497 e. The SMILES string of the molecule is COc1cccc(C(=O)NCc2nnc(SCC(=O)Nc3cc(C(F)(F)F)ccc3Cl)n2-c2cccc(Cl)c2)c1. The molecule has 0 atom stereocenters. The van der Waals surface area contributed by atoms with E-state index in [1.807, 2.05) is 0 Å². The number of thioether (sulfide) groups is 1. The summed E-state index contributed by atoms with van der Waals surface area (Å²) in [4.78, 5) is 25.3. The second-order valence-corrected chi connectivity index (χ2v) is 9.94. The first-order valence-electron chi connectivity index (χ1n) is 11.5. The molecular weight excluding hydrogens is 590 g/mol. The topological polar surface area (TPSA) is 98.1 Å². The van der Waals surface area contributed by atoms with E-state index >= 15 is 0 Å². The molecule has 4 rings (SSSR count). The van der Waals surface area contributed by atoms with E-state index in [9.17, 15) is 22.8 Å². The largest absolute Gasteiger partial charge is 0.497 e. The van der Waals surface area contributed by atoms with Gasteiger partial charge in [-0.3, -0.25) is 14.2 Å². The number of alkyl halides is 3. The Balaban J connectivity index is 1.51. The van der Waals surface area contributed by atoms with Crippen LogP contribution in [0.4, 0.5) is 18.9 Å². The number of nitrogens with one attached hydrogen (secondary N) is 2. The standard InChI is InChI=1S/C26H20Cl2F3N5O3S/c1-39-19-7-2-4-15(10-19)24(38)32-13-22-34-35-25(36(22)18-6-3-5-17(27)12-18)40-14-23(37)33-21-11-16(26(29,30)31)8-9-20(21)28/h2-12H,13-14H2,1H3,(H,32,38)(H,33,37). The number of methoxy groups -OCH3 is 1. The van der Waals surface area contributed by atoms with Crippen molar-refractivity contribution in [2.24, 2.45) is 0 Å². The second-order valence-electron chi connectivity index (χ2n) is 8.16. The highest BCUT2D eigenvalue weighted by Crippen LogP contribution is 2.34. The van der Waals surface area contributed by atoms with Gasteiger partial charge in [0.1, 0.15) is 5.75 Å². The smallest absolute Gasteiger partial charge is 0.416 e. The normalized spacial score (nSPS) is 11.2. The molecule has 0 saturated heterocycles. The van der Waals surface area contributed by atoms with E-state index in [1.165, 1.54) is 7.11 Å². The molecule has 2 amide bonds. The molecule has 2 N–H and O–H groups in total. The lowest BCUT2D eigenvalue weighted by atomic mass is 10.2. The van der Waals surface area contributed by atoms with Gasteiger partial charge in [-0.15, -0.1) is 10.2 Å². The molecule has 8 nitrogen and oxygen atoms in total. The van der Waals surface area contributed by atoms with Crippen molar-refractivity contribution >= 4 is 52.5 Å². The first kappa shape index (κ1) is 29.2. The van der Waals surface area contributed by atoms with Crippen LogP contribution in [-0.4, -0.2) is 39.4 Å². The van der Waals surface area contributed by atoms with Crippen LogP contribution in [0, 0.1) is 0 Å². The molecule has 14 heteroatoms. The van der Waals surface area contributed by atoms with Gasteiger partial charge in [-0.25, -0.2) is 0 Å². The number of carbonyl (C=O) groups excluding carboxylic acids is 2. The number of hydrogen-bond donors (Lipinski definition) is 2. The van der Waals surface area contributed by atoms with Crippen LogP contribution >= 0.6 is 35.0 Å². The third kappa shape index (κ3) is 7.26. The highest BCUT2D eigenvalue weighted by molar-refractivity contribution is 7.99. The Bertz CT molecular complexity index is 1550. The number of rotatable bonds is 9. The minimum absolute atomic E-state index is 0.0118. The predicted octanol–water partition coefficient (Wildman–Crippen LogP) is 6.26. The number of hydrogen-bond acceptors (Lipinski definition) is 6. The van der Waals surface area contributed by atoms with Gasteiger partial charge >= 0.3 is 6.18 Å². The van der Waals surface area contributed by atoms with Gasteiger partial charge in [0.15, 0.2) is 11.0 Å². The van der Waals surface area contributed by atoms with Crippen molar-refractivity contribution in [1.29, 1.82) is 0 Å². The van der Waals surface area contributed by atoms with Crippen LogP contribution in [0.3, 0.4) is 0 Å². The van der Waals surface area contributed by atoms with Crippen LogP contribution < -0.4 is 15.4 Å². The summed E-state index contributed by atoms with van der Waals surface area (Å²) < 4.78 is 46.0. The lowest BCUT2D eigenvalue weighted by Crippen LogP contribution is -2.24. The lowest BCUT2D eigenvalue weighted by molar-refractivity contribution is -0.137. The van der Waals surface area contributed by atoms with Crippen molar-refractivity contribution in [2.75, 3.05) is 18.2 Å². The molecule has 0 aliphatic carbocycles. The monoisotopic (exact) mass is 609 g/mol. The molecule has 0 aliphatic heterocycles. The molecule has 1 heterocycles. The Hall–Kier alpha value is -3.74. The molecule has 0 radical (unpaired) electrons. The Morgan fingerprint density at radius 2 is 1.80 bits per heavy atom. The fourth-order valence-electron chi connectivity index (χ4n) is 3.52. The van der Waals surface area contributed by atoms with E-state index in [0.717, 1.165) is 30.0 Å². The number of benzene rings is 3. The average Bonchev–Trinajstić information content (AvgIpc) is 3.34. The molecule has 0 fully saturated rings. The highest BCUT2D eigenvalue weighted by atomic mass is 35.5. The Labute approximate surface area is 240 Å². The number of ether oxygens (including phenoxy) is 1. The maximum Gasteiger partial charge on any atom is 0.416 e. The summed E-state index contributed by atoms with van der Waals surface area (Å²) in [6, 6.07) is 16.1. The van der Waals surface area contributed by atoms with E-state index in [2.05, 4.69) is 20.8 Å². The summed E-state index contributed by atoms with van der Waals surface area (Å²) in [6.45, 7) is -0.0118. The first-order valence-corrected chi connectivity index (χ1v) is 13.2. The van der Waals surface area contributed by atoms with E-state index in [-0.39, 0.29) is 34.1 Å². The van der Waals surface area contributed by atoms with Crippen LogP contribution in [0.1, 0.15) is 21.7 Å². The molecule has 0 aliphatic rings. The van der Waals surface area contributed by atoms with Crippen molar-refractivity contribution in [3.63, 3.8) is 0 Å². The van der Waals surface area contributed by atoms with Gasteiger partial charge in [0, 0.05) is 10.6 Å². The maximum absolute atomic E-state index is 13.1. The summed E-state index contributed by atoms with van der Waals surface area (Å²) in [5.74, 6) is -0.326. The fourth-order valence-corrected chi connectivity index (χ4v) is 4.64. The zero-order chi connectivity index (χ0) is 28.9. The third-order valence-electron chi connectivity index (χ3n) is 5.41. The van der Waals surface area contributed by atoms with Crippen molar-refractivity contribution in [3.05, 3.63) is 93.7 Å². The summed E-state index contributed by atoms with van der Waals surface area (Å²) in [5.41, 5.74) is -0.153. The summed E-state index contributed by atoms with van der Waals surface area (Å²) in [6.07, 6.45) is -4.59. The predicted molar refractivity (Wildman–Crippen MR) is 146 cm³/mol. The molecule has 4 aromatic rings. The maximum atomic E-state index is 13.1.